The number of halogens is 4. The molecule has 0 fully saturated rings. The van der Waals surface area contributed by atoms with Crippen LogP contribution in [-0.4, -0.2) is 61.3 Å². The van der Waals surface area contributed by atoms with E-state index in [1.54, 1.807) is 78.9 Å². The van der Waals surface area contributed by atoms with E-state index in [2.05, 4.69) is 4.98 Å². The van der Waals surface area contributed by atoms with Crippen LogP contribution in [0.15, 0.2) is 154 Å². The van der Waals surface area contributed by atoms with Gasteiger partial charge in [-0.1, -0.05) is 48.6 Å². The highest BCUT2D eigenvalue weighted by molar-refractivity contribution is 6.34. The SMILES string of the molecule is OCC(O)COc1c(F)c(F)c(C2=C3C=CC(=C(c4cccc(O)c4)C4=NC(=C(c5cccc(O)c5)c5ccc([nH]5)C(c5cccc(O)c5)=C5C=CC2=N5)C=C4)C3)c(F)c1F. The summed E-state index contributed by atoms with van der Waals surface area (Å²) in [6.07, 6.45) is 8.29. The number of nitrogens with one attached hydrogen (secondary N) is 1. The number of aromatic amines is 1. The fourth-order valence-electron chi connectivity index (χ4n) is 7.84. The van der Waals surface area contributed by atoms with Gasteiger partial charge in [-0.25, -0.2) is 18.8 Å². The van der Waals surface area contributed by atoms with Gasteiger partial charge in [-0.2, -0.15) is 8.78 Å². The molecular weight excluding hydrogens is 791 g/mol. The summed E-state index contributed by atoms with van der Waals surface area (Å²) in [6.45, 7) is -1.68. The molecule has 1 aliphatic carbocycles. The molecule has 3 aliphatic heterocycles. The third-order valence-electron chi connectivity index (χ3n) is 10.5. The third-order valence-corrected chi connectivity index (χ3v) is 10.5. The van der Waals surface area contributed by atoms with E-state index in [-0.39, 0.29) is 46.2 Å². The summed E-state index contributed by atoms with van der Waals surface area (Å²) in [5.74, 6) is -8.75. The summed E-state index contributed by atoms with van der Waals surface area (Å²) in [5, 5.41) is 50.7. The van der Waals surface area contributed by atoms with Gasteiger partial charge >= 0.3 is 0 Å². The number of aromatic hydroxyl groups is 3. The standard InChI is InChI=1S/C48H33F4N3O6/c49-44-43(45(50)47(52)48(46(44)51)61-23-32(60)22-56)42-28-11-10-27(18-28)39(24-4-1-7-29(57)19-24)33-12-13-34(53-33)40(25-5-2-8-30(58)20-25)35-14-15-36(54-35)41(37-16-17-38(42)55-37)26-6-3-9-31(59)21-26/h1-17,19-21,32,54,56-60H,18,22-23H2. The van der Waals surface area contributed by atoms with Crippen molar-refractivity contribution in [2.24, 2.45) is 9.98 Å². The molecule has 6 N–H and O–H groups in total. The zero-order chi connectivity index (χ0) is 42.5. The van der Waals surface area contributed by atoms with E-state index in [0.29, 0.717) is 61.8 Å². The molecule has 0 radical (unpaired) electrons. The van der Waals surface area contributed by atoms with E-state index in [1.807, 2.05) is 18.2 Å². The molecule has 4 aliphatic rings. The first-order valence-electron chi connectivity index (χ1n) is 19.0. The summed E-state index contributed by atoms with van der Waals surface area (Å²) >= 11 is 0. The Hall–Kier alpha value is -7.48. The van der Waals surface area contributed by atoms with E-state index < -0.39 is 53.9 Å². The van der Waals surface area contributed by atoms with Crippen LogP contribution in [0.1, 0.15) is 40.1 Å². The van der Waals surface area contributed by atoms with Crippen molar-refractivity contribution in [3.63, 3.8) is 0 Å². The number of nitrogens with zero attached hydrogens (tertiary/aromatic N) is 2. The summed E-state index contributed by atoms with van der Waals surface area (Å²) in [7, 11) is 0. The van der Waals surface area contributed by atoms with Gasteiger partial charge in [0.25, 0.3) is 0 Å². The lowest BCUT2D eigenvalue weighted by molar-refractivity contribution is 0.0503. The average molecular weight is 824 g/mol. The Balaban J connectivity index is 1.36. The van der Waals surface area contributed by atoms with Crippen LogP contribution >= 0.6 is 0 Å². The summed E-state index contributed by atoms with van der Waals surface area (Å²) in [4.78, 5) is 13.4. The second kappa shape index (κ2) is 15.6. The zero-order valence-corrected chi connectivity index (χ0v) is 31.8. The number of aliphatic hydroxyl groups excluding tert-OH is 2. The van der Waals surface area contributed by atoms with E-state index in [9.17, 15) is 25.5 Å². The molecule has 9 nitrogen and oxygen atoms in total. The Morgan fingerprint density at radius 2 is 1.03 bits per heavy atom. The fraction of sp³-hybridized carbons (Fsp3) is 0.0833. The molecular formula is C48H33F4N3O6. The Labute approximate surface area is 345 Å². The first kappa shape index (κ1) is 39.0. The second-order valence-electron chi connectivity index (χ2n) is 14.5. The van der Waals surface area contributed by atoms with Gasteiger partial charge in [-0.3, -0.25) is 0 Å². The molecule has 13 heteroatoms. The Morgan fingerprint density at radius 1 is 0.574 bits per heavy atom. The number of rotatable bonds is 8. The maximum absolute atomic E-state index is 16.5. The normalized spacial score (nSPS) is 16.3. The van der Waals surface area contributed by atoms with Crippen LogP contribution in [0.4, 0.5) is 17.6 Å². The lowest BCUT2D eigenvalue weighted by Crippen LogP contribution is -2.22. The predicted octanol–water partition coefficient (Wildman–Crippen LogP) is 8.84. The van der Waals surface area contributed by atoms with Crippen LogP contribution in [-0.2, 0) is 0 Å². The van der Waals surface area contributed by atoms with Crippen molar-refractivity contribution in [3.8, 4) is 23.0 Å². The average Bonchev–Trinajstić information content (AvgIpc) is 4.09. The van der Waals surface area contributed by atoms with Crippen molar-refractivity contribution >= 4 is 33.7 Å². The number of aromatic nitrogens is 1. The molecule has 0 amide bonds. The highest BCUT2D eigenvalue weighted by Gasteiger charge is 2.34. The second-order valence-corrected chi connectivity index (χ2v) is 14.5. The number of H-pyrrole nitrogens is 1. The van der Waals surface area contributed by atoms with Crippen LogP contribution in [0.2, 0.25) is 0 Å². The van der Waals surface area contributed by atoms with Gasteiger partial charge < -0.3 is 35.3 Å². The minimum absolute atomic E-state index is 0.0281. The fourth-order valence-corrected chi connectivity index (χ4v) is 7.84. The predicted molar refractivity (Wildman–Crippen MR) is 223 cm³/mol. The molecule has 8 bridgehead atoms. The van der Waals surface area contributed by atoms with Gasteiger partial charge in [0.1, 0.15) is 30.0 Å². The number of hydrogen-bond donors (Lipinski definition) is 6. The van der Waals surface area contributed by atoms with Crippen molar-refractivity contribution < 1.29 is 47.8 Å². The van der Waals surface area contributed by atoms with Gasteiger partial charge in [0.15, 0.2) is 17.4 Å². The molecule has 5 aromatic rings. The molecule has 4 aromatic carbocycles. The maximum atomic E-state index is 16.5. The van der Waals surface area contributed by atoms with Crippen LogP contribution in [0.25, 0.3) is 22.3 Å². The quantitative estimate of drug-likeness (QED) is 0.0680. The van der Waals surface area contributed by atoms with Gasteiger partial charge in [-0.05, 0) is 107 Å². The largest absolute Gasteiger partial charge is 0.508 e. The van der Waals surface area contributed by atoms with Crippen LogP contribution < -0.4 is 4.74 Å². The van der Waals surface area contributed by atoms with E-state index >= 15 is 17.6 Å². The molecule has 0 saturated carbocycles. The maximum Gasteiger partial charge on any atom is 0.204 e. The molecule has 304 valence electrons. The number of aliphatic imine (C=N–C) groups is 2. The lowest BCUT2D eigenvalue weighted by Gasteiger charge is -2.18. The topological polar surface area (TPSA) is 151 Å². The number of fused-ring (bicyclic) bond motifs is 6. The highest BCUT2D eigenvalue weighted by Crippen LogP contribution is 2.44. The van der Waals surface area contributed by atoms with Crippen molar-refractivity contribution in [2.75, 3.05) is 13.2 Å². The van der Waals surface area contributed by atoms with Crippen molar-refractivity contribution in [3.05, 3.63) is 201 Å². The van der Waals surface area contributed by atoms with Crippen LogP contribution in [0.5, 0.6) is 23.0 Å². The third kappa shape index (κ3) is 7.09. The van der Waals surface area contributed by atoms with Crippen molar-refractivity contribution in [2.45, 2.75) is 12.5 Å². The van der Waals surface area contributed by atoms with E-state index in [0.717, 1.165) is 0 Å². The van der Waals surface area contributed by atoms with Crippen LogP contribution in [0.3, 0.4) is 0 Å². The summed E-state index contributed by atoms with van der Waals surface area (Å²) in [6, 6.07) is 23.2. The number of phenolic OH excluding ortho intramolecular Hbond substituents is 3. The Bertz CT molecular complexity index is 2950. The number of benzene rings is 4. The summed E-state index contributed by atoms with van der Waals surface area (Å²) in [5.41, 5.74) is 5.07. The van der Waals surface area contributed by atoms with E-state index in [1.165, 1.54) is 24.3 Å². The molecule has 1 atom stereocenters. The number of hydrogen-bond acceptors (Lipinski definition) is 8. The first-order valence-corrected chi connectivity index (χ1v) is 19.0. The number of ether oxygens (including phenoxy) is 1. The highest BCUT2D eigenvalue weighted by atomic mass is 19.2. The molecule has 9 rings (SSSR count). The number of phenols is 3. The van der Waals surface area contributed by atoms with Crippen LogP contribution in [0, 0.1) is 23.3 Å². The Kier molecular flexibility index (Phi) is 9.98. The minimum Gasteiger partial charge on any atom is -0.508 e. The Morgan fingerprint density at radius 3 is 1.51 bits per heavy atom. The lowest BCUT2D eigenvalue weighted by atomic mass is 9.90. The number of aliphatic hydroxyl groups is 2. The minimum atomic E-state index is -1.86. The van der Waals surface area contributed by atoms with E-state index in [4.69, 9.17) is 14.7 Å². The molecule has 1 unspecified atom stereocenters. The number of allylic oxidation sites excluding steroid dienone is 10. The monoisotopic (exact) mass is 823 g/mol. The zero-order valence-electron chi connectivity index (χ0n) is 31.8. The van der Waals surface area contributed by atoms with Crippen molar-refractivity contribution in [1.82, 2.24) is 4.98 Å². The molecule has 4 heterocycles. The van der Waals surface area contributed by atoms with Gasteiger partial charge in [0, 0.05) is 33.7 Å². The van der Waals surface area contributed by atoms with Gasteiger partial charge in [-0.15, -0.1) is 0 Å². The molecule has 1 aromatic heterocycles. The molecule has 0 spiro atoms. The molecule has 0 saturated heterocycles. The molecule has 61 heavy (non-hydrogen) atoms. The first-order chi connectivity index (χ1) is 29.5. The van der Waals surface area contributed by atoms with Gasteiger partial charge in [0.05, 0.1) is 35.0 Å². The smallest absolute Gasteiger partial charge is 0.204 e. The van der Waals surface area contributed by atoms with Gasteiger partial charge in [0.2, 0.25) is 11.6 Å². The van der Waals surface area contributed by atoms with Crippen molar-refractivity contribution in [1.29, 1.82) is 0 Å². The summed E-state index contributed by atoms with van der Waals surface area (Å²) < 4.78 is 69.6.